The first kappa shape index (κ1) is 13.4. The van der Waals surface area contributed by atoms with Gasteiger partial charge in [0.05, 0.1) is 0 Å². The summed E-state index contributed by atoms with van der Waals surface area (Å²) < 4.78 is 0. The Kier molecular flexibility index (Phi) is 3.96. The first-order chi connectivity index (χ1) is 8.52. The monoisotopic (exact) mass is 246 g/mol. The van der Waals surface area contributed by atoms with Crippen LogP contribution in [0, 0.1) is 5.92 Å². The Morgan fingerprint density at radius 1 is 1.39 bits per heavy atom. The molecule has 0 saturated heterocycles. The molecule has 2 nitrogen and oxygen atoms in total. The van der Waals surface area contributed by atoms with E-state index in [-0.39, 0.29) is 5.54 Å². The normalized spacial score (nSPS) is 22.4. The lowest BCUT2D eigenvalue weighted by molar-refractivity contribution is 0.403. The number of hydrogen-bond acceptors (Lipinski definition) is 2. The third-order valence-electron chi connectivity index (χ3n) is 3.81. The number of anilines is 1. The van der Waals surface area contributed by atoms with E-state index < -0.39 is 0 Å². The largest absolute Gasteiger partial charge is 0.369 e. The number of para-hydroxylation sites is 1. The fourth-order valence-corrected chi connectivity index (χ4v) is 3.14. The quantitative estimate of drug-likeness (QED) is 0.884. The van der Waals surface area contributed by atoms with Gasteiger partial charge in [-0.2, -0.15) is 0 Å². The first-order valence-corrected chi connectivity index (χ1v) is 7.13. The van der Waals surface area contributed by atoms with Crippen LogP contribution in [0.2, 0.25) is 0 Å². The number of benzene rings is 1. The molecule has 2 atom stereocenters. The van der Waals surface area contributed by atoms with E-state index in [1.165, 1.54) is 17.7 Å². The lowest BCUT2D eigenvalue weighted by Crippen LogP contribution is -2.50. The molecule has 0 bridgehead atoms. The molecule has 0 saturated carbocycles. The standard InChI is InChI=1S/C16H26N2/c1-4-9-16(3,17)12-18-11-13(2)10-14-7-5-6-8-15(14)18/h5-8,13H,4,9-12,17H2,1-3H3. The van der Waals surface area contributed by atoms with Crippen molar-refractivity contribution in [3.63, 3.8) is 0 Å². The predicted molar refractivity (Wildman–Crippen MR) is 79.0 cm³/mol. The molecule has 1 aliphatic rings. The maximum atomic E-state index is 6.42. The minimum atomic E-state index is -0.0844. The Bertz CT molecular complexity index is 398. The Hall–Kier alpha value is -1.02. The topological polar surface area (TPSA) is 29.3 Å². The van der Waals surface area contributed by atoms with Crippen LogP contribution < -0.4 is 10.6 Å². The van der Waals surface area contributed by atoms with Crippen molar-refractivity contribution in [2.75, 3.05) is 18.0 Å². The highest BCUT2D eigenvalue weighted by molar-refractivity contribution is 5.56. The second kappa shape index (κ2) is 5.31. The molecule has 2 unspecified atom stereocenters. The summed E-state index contributed by atoms with van der Waals surface area (Å²) in [4.78, 5) is 2.49. The van der Waals surface area contributed by atoms with Crippen molar-refractivity contribution in [1.82, 2.24) is 0 Å². The van der Waals surface area contributed by atoms with E-state index >= 15 is 0 Å². The zero-order valence-electron chi connectivity index (χ0n) is 11.9. The minimum Gasteiger partial charge on any atom is -0.369 e. The van der Waals surface area contributed by atoms with Crippen molar-refractivity contribution in [3.8, 4) is 0 Å². The van der Waals surface area contributed by atoms with Crippen LogP contribution in [0.5, 0.6) is 0 Å². The van der Waals surface area contributed by atoms with Crippen LogP contribution >= 0.6 is 0 Å². The van der Waals surface area contributed by atoms with Gasteiger partial charge in [-0.25, -0.2) is 0 Å². The Balaban J connectivity index is 2.18. The summed E-state index contributed by atoms with van der Waals surface area (Å²) in [6.07, 6.45) is 3.43. The summed E-state index contributed by atoms with van der Waals surface area (Å²) in [6.45, 7) is 8.81. The number of rotatable bonds is 4. The smallest absolute Gasteiger partial charge is 0.0399 e. The maximum Gasteiger partial charge on any atom is 0.0399 e. The third-order valence-corrected chi connectivity index (χ3v) is 3.81. The summed E-state index contributed by atoms with van der Waals surface area (Å²) >= 11 is 0. The molecule has 0 aliphatic carbocycles. The Morgan fingerprint density at radius 2 is 2.11 bits per heavy atom. The van der Waals surface area contributed by atoms with Gasteiger partial charge in [-0.3, -0.25) is 0 Å². The van der Waals surface area contributed by atoms with E-state index in [9.17, 15) is 0 Å². The number of hydrogen-bond donors (Lipinski definition) is 1. The number of nitrogens with zero attached hydrogens (tertiary/aromatic N) is 1. The Labute approximate surface area is 111 Å². The molecule has 1 aromatic carbocycles. The highest BCUT2D eigenvalue weighted by Gasteiger charge is 2.27. The van der Waals surface area contributed by atoms with Crippen molar-refractivity contribution >= 4 is 5.69 Å². The molecule has 0 fully saturated rings. The SMILES string of the molecule is CCCC(C)(N)CN1CC(C)Cc2ccccc21. The second-order valence-corrected chi connectivity index (χ2v) is 6.22. The van der Waals surface area contributed by atoms with Crippen LogP contribution in [-0.4, -0.2) is 18.6 Å². The predicted octanol–water partition coefficient (Wildman–Crippen LogP) is 3.20. The van der Waals surface area contributed by atoms with Gasteiger partial charge in [-0.05, 0) is 37.3 Å². The van der Waals surface area contributed by atoms with Crippen molar-refractivity contribution in [3.05, 3.63) is 29.8 Å². The fraction of sp³-hybridized carbons (Fsp3) is 0.625. The van der Waals surface area contributed by atoms with Gasteiger partial charge < -0.3 is 10.6 Å². The lowest BCUT2D eigenvalue weighted by Gasteiger charge is -2.39. The molecule has 1 heterocycles. The van der Waals surface area contributed by atoms with Crippen molar-refractivity contribution in [2.24, 2.45) is 11.7 Å². The molecule has 0 radical (unpaired) electrons. The van der Waals surface area contributed by atoms with Crippen LogP contribution in [0.15, 0.2) is 24.3 Å². The van der Waals surface area contributed by atoms with E-state index in [2.05, 4.69) is 49.9 Å². The average molecular weight is 246 g/mol. The lowest BCUT2D eigenvalue weighted by atomic mass is 9.90. The van der Waals surface area contributed by atoms with Crippen molar-refractivity contribution in [2.45, 2.75) is 45.6 Å². The summed E-state index contributed by atoms with van der Waals surface area (Å²) in [5.41, 5.74) is 9.20. The highest BCUT2D eigenvalue weighted by atomic mass is 15.2. The summed E-state index contributed by atoms with van der Waals surface area (Å²) in [7, 11) is 0. The zero-order valence-corrected chi connectivity index (χ0v) is 11.9. The van der Waals surface area contributed by atoms with Gasteiger partial charge in [0.1, 0.15) is 0 Å². The molecule has 1 aromatic rings. The Morgan fingerprint density at radius 3 is 2.83 bits per heavy atom. The summed E-state index contributed by atoms with van der Waals surface area (Å²) in [5, 5.41) is 0. The van der Waals surface area contributed by atoms with Gasteiger partial charge in [0.15, 0.2) is 0 Å². The molecule has 0 amide bonds. The molecule has 2 heteroatoms. The van der Waals surface area contributed by atoms with E-state index in [0.29, 0.717) is 0 Å². The van der Waals surface area contributed by atoms with E-state index in [1.54, 1.807) is 0 Å². The number of nitrogens with two attached hydrogens (primary N) is 1. The molecule has 0 aromatic heterocycles. The molecular formula is C16H26N2. The van der Waals surface area contributed by atoms with Crippen LogP contribution in [0.4, 0.5) is 5.69 Å². The number of fused-ring (bicyclic) bond motifs is 1. The van der Waals surface area contributed by atoms with E-state index in [4.69, 9.17) is 5.73 Å². The van der Waals surface area contributed by atoms with Crippen LogP contribution in [0.25, 0.3) is 0 Å². The third kappa shape index (κ3) is 3.05. The van der Waals surface area contributed by atoms with Gasteiger partial charge in [-0.15, -0.1) is 0 Å². The average Bonchev–Trinajstić information content (AvgIpc) is 2.28. The van der Waals surface area contributed by atoms with E-state index in [0.717, 1.165) is 31.8 Å². The van der Waals surface area contributed by atoms with Gasteiger partial charge in [-0.1, -0.05) is 38.5 Å². The van der Waals surface area contributed by atoms with Crippen molar-refractivity contribution < 1.29 is 0 Å². The van der Waals surface area contributed by atoms with Gasteiger partial charge in [0.25, 0.3) is 0 Å². The maximum absolute atomic E-state index is 6.42. The molecule has 1 aliphatic heterocycles. The van der Waals surface area contributed by atoms with Crippen molar-refractivity contribution in [1.29, 1.82) is 0 Å². The second-order valence-electron chi connectivity index (χ2n) is 6.22. The van der Waals surface area contributed by atoms with Crippen LogP contribution in [0.3, 0.4) is 0 Å². The van der Waals surface area contributed by atoms with Crippen LogP contribution in [-0.2, 0) is 6.42 Å². The molecule has 2 N–H and O–H groups in total. The van der Waals surface area contributed by atoms with Crippen LogP contribution in [0.1, 0.15) is 39.2 Å². The van der Waals surface area contributed by atoms with Gasteiger partial charge in [0, 0.05) is 24.3 Å². The fourth-order valence-electron chi connectivity index (χ4n) is 3.14. The summed E-state index contributed by atoms with van der Waals surface area (Å²) in [5.74, 6) is 0.720. The molecule has 2 rings (SSSR count). The van der Waals surface area contributed by atoms with Gasteiger partial charge >= 0.3 is 0 Å². The highest BCUT2D eigenvalue weighted by Crippen LogP contribution is 2.30. The molecule has 100 valence electrons. The van der Waals surface area contributed by atoms with E-state index in [1.807, 2.05) is 0 Å². The summed E-state index contributed by atoms with van der Waals surface area (Å²) in [6, 6.07) is 8.77. The zero-order chi connectivity index (χ0) is 13.2. The first-order valence-electron chi connectivity index (χ1n) is 7.13. The molecule has 18 heavy (non-hydrogen) atoms. The molecule has 0 spiro atoms. The minimum absolute atomic E-state index is 0.0844. The molecular weight excluding hydrogens is 220 g/mol. The van der Waals surface area contributed by atoms with Gasteiger partial charge in [0.2, 0.25) is 0 Å².